The van der Waals surface area contributed by atoms with Crippen molar-refractivity contribution < 1.29 is 4.42 Å². The van der Waals surface area contributed by atoms with E-state index >= 15 is 0 Å². The van der Waals surface area contributed by atoms with E-state index in [0.717, 1.165) is 44.5 Å². The molecule has 7 aromatic carbocycles. The van der Waals surface area contributed by atoms with Crippen LogP contribution in [0.15, 0.2) is 161 Å². The van der Waals surface area contributed by atoms with E-state index in [9.17, 15) is 0 Å². The molecule has 0 amide bonds. The molecule has 0 radical (unpaired) electrons. The second kappa shape index (κ2) is 11.4. The maximum Gasteiger partial charge on any atom is 0.142 e. The number of fused-ring (bicyclic) bond motifs is 9. The Hall–Kier alpha value is -5.79. The number of nitrogens with zero attached hydrogens (tertiary/aromatic N) is 1. The van der Waals surface area contributed by atoms with Gasteiger partial charge in [0.1, 0.15) is 29.3 Å². The number of aliphatic imine (C=N–C) groups is 1. The smallest absolute Gasteiger partial charge is 0.142 e. The Balaban J connectivity index is 1.05. The molecule has 0 aliphatic carbocycles. The van der Waals surface area contributed by atoms with Crippen molar-refractivity contribution >= 4 is 90.8 Å². The standard InChI is InChI=1S/C45H29N3OS2/c1-2-11-26(12-3-1)43-46-44(48-45(47-43)35-20-10-18-33-30-14-5-7-22-39(30)51-42(33)35)34-19-9-16-31-36-25-27(23-24-37(36)49-40(31)34)28-15-8-17-32-29-13-4-6-21-38(29)50-41(28)32/h1-25,43-44,46H,(H,47,48). The number of thiophene rings is 2. The van der Waals surface area contributed by atoms with Gasteiger partial charge in [0, 0.05) is 62.2 Å². The SMILES string of the molecule is c1ccc(C2N=C(c3cccc4c3sc3ccccc34)NC(c3cccc4c3oc3ccc(-c5cccc6c5sc5ccccc56)cc34)N2)cc1. The molecular formula is C45H29N3OS2. The monoisotopic (exact) mass is 691 g/mol. The van der Waals surface area contributed by atoms with Crippen molar-refractivity contribution in [3.05, 3.63) is 168 Å². The number of benzene rings is 7. The first-order valence-corrected chi connectivity index (χ1v) is 18.8. The van der Waals surface area contributed by atoms with Gasteiger partial charge in [0.05, 0.1) is 0 Å². The fraction of sp³-hybridized carbons (Fsp3) is 0.0444. The number of nitrogens with one attached hydrogen (secondary N) is 2. The molecule has 0 spiro atoms. The van der Waals surface area contributed by atoms with Gasteiger partial charge in [0.15, 0.2) is 0 Å². The summed E-state index contributed by atoms with van der Waals surface area (Å²) in [7, 11) is 0. The van der Waals surface area contributed by atoms with Crippen molar-refractivity contribution in [1.29, 1.82) is 0 Å². The molecule has 0 fully saturated rings. The largest absolute Gasteiger partial charge is 0.456 e. The minimum absolute atomic E-state index is 0.245. The van der Waals surface area contributed by atoms with Gasteiger partial charge in [-0.05, 0) is 47.0 Å². The molecule has 1 aliphatic heterocycles. The van der Waals surface area contributed by atoms with Crippen molar-refractivity contribution in [3.8, 4) is 11.1 Å². The zero-order valence-corrected chi connectivity index (χ0v) is 28.9. The van der Waals surface area contributed by atoms with Crippen LogP contribution in [-0.2, 0) is 0 Å². The number of furan rings is 1. The van der Waals surface area contributed by atoms with Crippen molar-refractivity contribution in [3.63, 3.8) is 0 Å². The van der Waals surface area contributed by atoms with Crippen LogP contribution in [0.4, 0.5) is 0 Å². The summed E-state index contributed by atoms with van der Waals surface area (Å²) in [4.78, 5) is 5.30. The topological polar surface area (TPSA) is 49.6 Å². The predicted octanol–water partition coefficient (Wildman–Crippen LogP) is 12.3. The Morgan fingerprint density at radius 3 is 1.92 bits per heavy atom. The maximum absolute atomic E-state index is 6.74. The van der Waals surface area contributed by atoms with Gasteiger partial charge in [0.2, 0.25) is 0 Å². The fourth-order valence-corrected chi connectivity index (χ4v) is 10.2. The molecule has 11 rings (SSSR count). The Morgan fingerprint density at radius 1 is 0.529 bits per heavy atom. The third kappa shape index (κ3) is 4.58. The van der Waals surface area contributed by atoms with E-state index in [1.165, 1.54) is 51.5 Å². The molecule has 1 aliphatic rings. The van der Waals surface area contributed by atoms with Crippen LogP contribution < -0.4 is 10.6 Å². The van der Waals surface area contributed by atoms with E-state index < -0.39 is 0 Å². The van der Waals surface area contributed by atoms with E-state index in [4.69, 9.17) is 9.41 Å². The first-order valence-electron chi connectivity index (χ1n) is 17.2. The number of para-hydroxylation sites is 1. The summed E-state index contributed by atoms with van der Waals surface area (Å²) in [6, 6.07) is 54.1. The summed E-state index contributed by atoms with van der Waals surface area (Å²) < 4.78 is 11.9. The molecule has 0 bridgehead atoms. The van der Waals surface area contributed by atoms with Crippen molar-refractivity contribution in [1.82, 2.24) is 10.6 Å². The lowest BCUT2D eigenvalue weighted by molar-refractivity contribution is 0.408. The van der Waals surface area contributed by atoms with E-state index in [0.29, 0.717) is 0 Å². The summed E-state index contributed by atoms with van der Waals surface area (Å²) in [5.74, 6) is 0.872. The van der Waals surface area contributed by atoms with Crippen molar-refractivity contribution in [2.75, 3.05) is 0 Å². The summed E-state index contributed by atoms with van der Waals surface area (Å²) in [5, 5.41) is 15.0. The van der Waals surface area contributed by atoms with Crippen LogP contribution in [0.5, 0.6) is 0 Å². The third-order valence-electron chi connectivity index (χ3n) is 10.2. The fourth-order valence-electron chi connectivity index (χ4n) is 7.78. The van der Waals surface area contributed by atoms with Gasteiger partial charge < -0.3 is 9.73 Å². The van der Waals surface area contributed by atoms with E-state index in [1.807, 2.05) is 22.7 Å². The lowest BCUT2D eigenvalue weighted by atomic mass is 9.99. The number of hydrogen-bond donors (Lipinski definition) is 2. The molecule has 2 N–H and O–H groups in total. The highest BCUT2D eigenvalue weighted by Crippen LogP contribution is 2.43. The van der Waals surface area contributed by atoms with Crippen molar-refractivity contribution in [2.45, 2.75) is 12.3 Å². The summed E-state index contributed by atoms with van der Waals surface area (Å²) in [6.45, 7) is 0. The zero-order valence-electron chi connectivity index (χ0n) is 27.3. The van der Waals surface area contributed by atoms with Crippen LogP contribution in [0.25, 0.3) is 73.4 Å². The quantitative estimate of drug-likeness (QED) is 0.193. The van der Waals surface area contributed by atoms with Crippen LogP contribution >= 0.6 is 22.7 Å². The molecule has 4 nitrogen and oxygen atoms in total. The zero-order chi connectivity index (χ0) is 33.5. The van der Waals surface area contributed by atoms with E-state index in [1.54, 1.807) is 0 Å². The van der Waals surface area contributed by atoms with Gasteiger partial charge in [0.25, 0.3) is 0 Å². The molecule has 2 unspecified atom stereocenters. The van der Waals surface area contributed by atoms with Crippen LogP contribution in [0.2, 0.25) is 0 Å². The molecule has 0 saturated carbocycles. The highest BCUT2D eigenvalue weighted by molar-refractivity contribution is 7.26. The van der Waals surface area contributed by atoms with Gasteiger partial charge in [-0.2, -0.15) is 0 Å². The van der Waals surface area contributed by atoms with Gasteiger partial charge in [-0.3, -0.25) is 5.32 Å². The Bertz CT molecular complexity index is 3010. The van der Waals surface area contributed by atoms with Crippen LogP contribution in [0, 0.1) is 0 Å². The molecule has 51 heavy (non-hydrogen) atoms. The van der Waals surface area contributed by atoms with Crippen LogP contribution in [0.1, 0.15) is 29.0 Å². The summed E-state index contributed by atoms with van der Waals surface area (Å²) in [6.07, 6.45) is -0.492. The normalized spacial score (nSPS) is 16.4. The molecule has 242 valence electrons. The molecule has 6 heteroatoms. The summed E-state index contributed by atoms with van der Waals surface area (Å²) >= 11 is 3.69. The number of rotatable bonds is 4. The number of amidine groups is 1. The average Bonchev–Trinajstić information content (AvgIpc) is 3.89. The van der Waals surface area contributed by atoms with Gasteiger partial charge in [-0.15, -0.1) is 22.7 Å². The molecule has 0 saturated heterocycles. The maximum atomic E-state index is 6.74. The van der Waals surface area contributed by atoms with Gasteiger partial charge in [-0.1, -0.05) is 121 Å². The van der Waals surface area contributed by atoms with Gasteiger partial charge >= 0.3 is 0 Å². The highest BCUT2D eigenvalue weighted by atomic mass is 32.1. The lowest BCUT2D eigenvalue weighted by Gasteiger charge is -2.32. The lowest BCUT2D eigenvalue weighted by Crippen LogP contribution is -2.45. The molecule has 4 heterocycles. The molecule has 10 aromatic rings. The minimum atomic E-state index is -0.247. The van der Waals surface area contributed by atoms with Crippen molar-refractivity contribution in [2.24, 2.45) is 4.99 Å². The van der Waals surface area contributed by atoms with Crippen LogP contribution in [-0.4, -0.2) is 5.84 Å². The first-order chi connectivity index (χ1) is 25.3. The third-order valence-corrected chi connectivity index (χ3v) is 12.6. The first kappa shape index (κ1) is 29.0. The van der Waals surface area contributed by atoms with Gasteiger partial charge in [-0.25, -0.2) is 4.99 Å². The Kier molecular flexibility index (Phi) is 6.46. The summed E-state index contributed by atoms with van der Waals surface area (Å²) in [5.41, 5.74) is 7.47. The molecular weight excluding hydrogens is 663 g/mol. The molecule has 3 aromatic heterocycles. The number of hydrogen-bond acceptors (Lipinski definition) is 6. The average molecular weight is 692 g/mol. The Labute approximate surface area is 301 Å². The Morgan fingerprint density at radius 2 is 1.16 bits per heavy atom. The predicted molar refractivity (Wildman–Crippen MR) is 216 cm³/mol. The van der Waals surface area contributed by atoms with Crippen LogP contribution in [0.3, 0.4) is 0 Å². The van der Waals surface area contributed by atoms with E-state index in [2.05, 4.69) is 162 Å². The second-order valence-electron chi connectivity index (χ2n) is 13.1. The second-order valence-corrected chi connectivity index (χ2v) is 15.2. The van der Waals surface area contributed by atoms with E-state index in [-0.39, 0.29) is 12.3 Å². The molecule has 2 atom stereocenters. The highest BCUT2D eigenvalue weighted by Gasteiger charge is 2.29. The minimum Gasteiger partial charge on any atom is -0.456 e.